The first kappa shape index (κ1) is 24.6. The van der Waals surface area contributed by atoms with Gasteiger partial charge in [-0.25, -0.2) is 0 Å². The van der Waals surface area contributed by atoms with Crippen LogP contribution in [0.1, 0.15) is 48.8 Å². The van der Waals surface area contributed by atoms with Gasteiger partial charge < -0.3 is 9.64 Å². The highest BCUT2D eigenvalue weighted by Gasteiger charge is 2.24. The van der Waals surface area contributed by atoms with Gasteiger partial charge in [0.2, 0.25) is 5.91 Å². The van der Waals surface area contributed by atoms with Crippen molar-refractivity contribution in [2.24, 2.45) is 5.92 Å². The molecule has 0 saturated carbocycles. The number of ether oxygens (including phenoxy) is 1. The summed E-state index contributed by atoms with van der Waals surface area (Å²) in [5, 5.41) is 4.71. The summed E-state index contributed by atoms with van der Waals surface area (Å²) < 4.78 is 7.60. The number of carbonyl (C=O) groups is 1. The summed E-state index contributed by atoms with van der Waals surface area (Å²) in [6.07, 6.45) is 1.09. The Balaban J connectivity index is 1.86. The lowest BCUT2D eigenvalue weighted by Crippen LogP contribution is -2.40. The van der Waals surface area contributed by atoms with Crippen LogP contribution < -0.4 is 4.74 Å². The van der Waals surface area contributed by atoms with Crippen LogP contribution in [0.3, 0.4) is 0 Å². The maximum absolute atomic E-state index is 13.7. The third-order valence-electron chi connectivity index (χ3n) is 6.15. The topological polar surface area (TPSA) is 47.4 Å². The summed E-state index contributed by atoms with van der Waals surface area (Å²) >= 11 is 0. The zero-order chi connectivity index (χ0) is 24.0. The molecule has 0 saturated heterocycles. The first-order valence-corrected chi connectivity index (χ1v) is 11.8. The molecule has 33 heavy (non-hydrogen) atoms. The molecule has 0 fully saturated rings. The lowest BCUT2D eigenvalue weighted by molar-refractivity contribution is -0.133. The van der Waals surface area contributed by atoms with E-state index < -0.39 is 0 Å². The zero-order valence-corrected chi connectivity index (χ0v) is 20.8. The standard InChI is InChI=1S/C28H37N3O2/c1-20(2)18-31-23(5)26(22(4)29-31)17-28(32)30(19-24-12-8-7-9-13-24)21(3)16-25-14-10-11-15-27(25)33-6/h7-15,20-21H,16-19H2,1-6H3. The van der Waals surface area contributed by atoms with Gasteiger partial charge in [0, 0.05) is 30.4 Å². The molecule has 5 nitrogen and oxygen atoms in total. The molecule has 0 aliphatic carbocycles. The van der Waals surface area contributed by atoms with E-state index >= 15 is 0 Å². The molecule has 1 unspecified atom stereocenters. The Hall–Kier alpha value is -3.08. The highest BCUT2D eigenvalue weighted by atomic mass is 16.5. The summed E-state index contributed by atoms with van der Waals surface area (Å²) in [7, 11) is 1.69. The van der Waals surface area contributed by atoms with E-state index in [1.54, 1.807) is 7.11 Å². The molecule has 0 radical (unpaired) electrons. The summed E-state index contributed by atoms with van der Waals surface area (Å²) in [5.74, 6) is 1.48. The maximum atomic E-state index is 13.7. The molecule has 3 aromatic rings. The largest absolute Gasteiger partial charge is 0.496 e. The average molecular weight is 448 g/mol. The number of benzene rings is 2. The predicted octanol–water partition coefficient (Wildman–Crippen LogP) is 5.37. The minimum Gasteiger partial charge on any atom is -0.496 e. The van der Waals surface area contributed by atoms with Crippen molar-refractivity contribution in [2.75, 3.05) is 7.11 Å². The van der Waals surface area contributed by atoms with E-state index in [0.29, 0.717) is 18.9 Å². The molecule has 1 amide bonds. The van der Waals surface area contributed by atoms with Gasteiger partial charge in [-0.15, -0.1) is 0 Å². The van der Waals surface area contributed by atoms with Crippen molar-refractivity contribution in [2.45, 2.75) is 66.6 Å². The second-order valence-corrected chi connectivity index (χ2v) is 9.27. The third-order valence-corrected chi connectivity index (χ3v) is 6.15. The van der Waals surface area contributed by atoms with Gasteiger partial charge in [-0.2, -0.15) is 5.10 Å². The van der Waals surface area contributed by atoms with Crippen LogP contribution in [0.5, 0.6) is 5.75 Å². The molecule has 0 aliphatic heterocycles. The number of methoxy groups -OCH3 is 1. The van der Waals surface area contributed by atoms with E-state index in [4.69, 9.17) is 9.84 Å². The van der Waals surface area contributed by atoms with Gasteiger partial charge in [-0.3, -0.25) is 9.48 Å². The van der Waals surface area contributed by atoms with Crippen LogP contribution in [0, 0.1) is 19.8 Å². The van der Waals surface area contributed by atoms with Gasteiger partial charge in [-0.1, -0.05) is 62.4 Å². The van der Waals surface area contributed by atoms with E-state index in [2.05, 4.69) is 45.9 Å². The molecule has 1 atom stereocenters. The second-order valence-electron chi connectivity index (χ2n) is 9.27. The van der Waals surface area contributed by atoms with Crippen LogP contribution in [0.15, 0.2) is 54.6 Å². The number of carbonyl (C=O) groups excluding carboxylic acids is 1. The number of amides is 1. The number of aromatic nitrogens is 2. The highest BCUT2D eigenvalue weighted by Crippen LogP contribution is 2.23. The fourth-order valence-electron chi connectivity index (χ4n) is 4.34. The molecule has 176 valence electrons. The molecule has 0 N–H and O–H groups in total. The van der Waals surface area contributed by atoms with Crippen LogP contribution in [0.2, 0.25) is 0 Å². The number of rotatable bonds is 10. The molecular weight excluding hydrogens is 410 g/mol. The smallest absolute Gasteiger partial charge is 0.227 e. The molecule has 5 heteroatoms. The van der Waals surface area contributed by atoms with Crippen LogP contribution in [-0.4, -0.2) is 33.7 Å². The number of aryl methyl sites for hydroxylation is 1. The van der Waals surface area contributed by atoms with E-state index in [-0.39, 0.29) is 11.9 Å². The Morgan fingerprint density at radius 1 is 1.03 bits per heavy atom. The first-order valence-electron chi connectivity index (χ1n) is 11.8. The van der Waals surface area contributed by atoms with Gasteiger partial charge in [-0.05, 0) is 50.3 Å². The van der Waals surface area contributed by atoms with E-state index in [1.807, 2.05) is 52.9 Å². The molecule has 1 aromatic heterocycles. The predicted molar refractivity (Wildman–Crippen MR) is 133 cm³/mol. The Labute approximate surface area is 198 Å². The number of hydrogen-bond acceptors (Lipinski definition) is 3. The fourth-order valence-corrected chi connectivity index (χ4v) is 4.34. The minimum atomic E-state index is 0.0142. The van der Waals surface area contributed by atoms with Crippen LogP contribution in [-0.2, 0) is 30.7 Å². The van der Waals surface area contributed by atoms with Crippen molar-refractivity contribution in [3.05, 3.63) is 82.7 Å². The minimum absolute atomic E-state index is 0.0142. The summed E-state index contributed by atoms with van der Waals surface area (Å²) in [6, 6.07) is 18.3. The van der Waals surface area contributed by atoms with Gasteiger partial charge in [0.1, 0.15) is 5.75 Å². The first-order chi connectivity index (χ1) is 15.8. The number of para-hydroxylation sites is 1. The van der Waals surface area contributed by atoms with Crippen LogP contribution in [0.25, 0.3) is 0 Å². The highest BCUT2D eigenvalue weighted by molar-refractivity contribution is 5.79. The maximum Gasteiger partial charge on any atom is 0.227 e. The normalized spacial score (nSPS) is 12.1. The lowest BCUT2D eigenvalue weighted by atomic mass is 10.0. The Morgan fingerprint density at radius 2 is 1.70 bits per heavy atom. The second kappa shape index (κ2) is 11.2. The van der Waals surface area contributed by atoms with Crippen molar-refractivity contribution in [1.29, 1.82) is 0 Å². The summed E-state index contributed by atoms with van der Waals surface area (Å²) in [5.41, 5.74) is 5.31. The van der Waals surface area contributed by atoms with Crippen molar-refractivity contribution in [1.82, 2.24) is 14.7 Å². The number of hydrogen-bond donors (Lipinski definition) is 0. The fraction of sp³-hybridized carbons (Fsp3) is 0.429. The lowest BCUT2D eigenvalue weighted by Gasteiger charge is -2.30. The van der Waals surface area contributed by atoms with Gasteiger partial charge in [0.25, 0.3) is 0 Å². The van der Waals surface area contributed by atoms with Crippen LogP contribution >= 0.6 is 0 Å². The van der Waals surface area contributed by atoms with E-state index in [0.717, 1.165) is 46.8 Å². The summed E-state index contributed by atoms with van der Waals surface area (Å²) in [4.78, 5) is 15.7. The third kappa shape index (κ3) is 6.25. The Kier molecular flexibility index (Phi) is 8.32. The van der Waals surface area contributed by atoms with Gasteiger partial charge in [0.15, 0.2) is 0 Å². The van der Waals surface area contributed by atoms with E-state index in [9.17, 15) is 4.79 Å². The molecule has 0 spiro atoms. The van der Waals surface area contributed by atoms with Crippen LogP contribution in [0.4, 0.5) is 0 Å². The van der Waals surface area contributed by atoms with Crippen molar-refractivity contribution in [3.8, 4) is 5.75 Å². The van der Waals surface area contributed by atoms with Gasteiger partial charge >= 0.3 is 0 Å². The Morgan fingerprint density at radius 3 is 2.36 bits per heavy atom. The van der Waals surface area contributed by atoms with Crippen molar-refractivity contribution >= 4 is 5.91 Å². The molecule has 1 heterocycles. The SMILES string of the molecule is COc1ccccc1CC(C)N(Cc1ccccc1)C(=O)Cc1c(C)nn(CC(C)C)c1C. The quantitative estimate of drug-likeness (QED) is 0.420. The summed E-state index contributed by atoms with van der Waals surface area (Å²) in [6.45, 7) is 12.0. The monoisotopic (exact) mass is 447 g/mol. The average Bonchev–Trinajstić information content (AvgIpc) is 3.05. The molecule has 3 rings (SSSR count). The molecule has 0 bridgehead atoms. The number of nitrogens with zero attached hydrogens (tertiary/aromatic N) is 3. The van der Waals surface area contributed by atoms with Gasteiger partial charge in [0.05, 0.1) is 19.2 Å². The zero-order valence-electron chi connectivity index (χ0n) is 20.8. The molecule has 2 aromatic carbocycles. The van der Waals surface area contributed by atoms with Crippen molar-refractivity contribution in [3.63, 3.8) is 0 Å². The molecular formula is C28H37N3O2. The van der Waals surface area contributed by atoms with Crippen molar-refractivity contribution < 1.29 is 9.53 Å². The van der Waals surface area contributed by atoms with E-state index in [1.165, 1.54) is 0 Å². The Bertz CT molecular complexity index is 1060. The molecule has 0 aliphatic rings.